The molecule has 2 saturated heterocycles. The van der Waals surface area contributed by atoms with E-state index >= 15 is 0 Å². The fraction of sp³-hybridized carbons (Fsp3) is 1.00. The third-order valence-electron chi connectivity index (χ3n) is 3.49. The Hall–Kier alpha value is -0.120. The highest BCUT2D eigenvalue weighted by Crippen LogP contribution is 2.49. The fourth-order valence-electron chi connectivity index (χ4n) is 3.00. The molecule has 2 aliphatic heterocycles. The second-order valence-corrected chi connectivity index (χ2v) is 4.80. The summed E-state index contributed by atoms with van der Waals surface area (Å²) in [7, 11) is 0. The SMILES string of the molecule is CC.CC.CC1C[C@]2(CO)CC[C@](CO)(C1)O2. The second kappa shape index (κ2) is 7.34. The van der Waals surface area contributed by atoms with E-state index in [1.54, 1.807) is 0 Å². The minimum Gasteiger partial charge on any atom is -0.393 e. The van der Waals surface area contributed by atoms with Crippen molar-refractivity contribution in [2.45, 2.75) is 71.5 Å². The molecule has 2 N–H and O–H groups in total. The lowest BCUT2D eigenvalue weighted by molar-refractivity contribution is -0.184. The van der Waals surface area contributed by atoms with Crippen molar-refractivity contribution in [2.24, 2.45) is 5.92 Å². The molecule has 0 spiro atoms. The first-order valence-corrected chi connectivity index (χ1v) is 7.06. The number of rotatable bonds is 2. The zero-order chi connectivity index (χ0) is 13.5. The van der Waals surface area contributed by atoms with Gasteiger partial charge in [-0.05, 0) is 31.6 Å². The zero-order valence-corrected chi connectivity index (χ0v) is 12.1. The van der Waals surface area contributed by atoms with E-state index < -0.39 is 0 Å². The van der Waals surface area contributed by atoms with Gasteiger partial charge >= 0.3 is 0 Å². The van der Waals surface area contributed by atoms with E-state index in [0.717, 1.165) is 25.7 Å². The highest BCUT2D eigenvalue weighted by Gasteiger charge is 2.53. The largest absolute Gasteiger partial charge is 0.393 e. The highest BCUT2D eigenvalue weighted by atomic mass is 16.6. The van der Waals surface area contributed by atoms with Gasteiger partial charge in [0.25, 0.3) is 0 Å². The summed E-state index contributed by atoms with van der Waals surface area (Å²) in [5, 5.41) is 18.6. The molecule has 2 aliphatic rings. The van der Waals surface area contributed by atoms with Crippen LogP contribution in [0.1, 0.15) is 60.3 Å². The minimum absolute atomic E-state index is 0.0963. The van der Waals surface area contributed by atoms with E-state index in [0.29, 0.717) is 5.92 Å². The Labute approximate surface area is 106 Å². The minimum atomic E-state index is -0.333. The van der Waals surface area contributed by atoms with E-state index in [9.17, 15) is 10.2 Å². The van der Waals surface area contributed by atoms with Gasteiger partial charge in [0.15, 0.2) is 0 Å². The predicted octanol–water partition coefficient (Wildman–Crippen LogP) is 2.74. The van der Waals surface area contributed by atoms with Crippen LogP contribution in [0.3, 0.4) is 0 Å². The average Bonchev–Trinajstić information content (AvgIpc) is 2.68. The van der Waals surface area contributed by atoms with Gasteiger partial charge in [-0.3, -0.25) is 0 Å². The van der Waals surface area contributed by atoms with Gasteiger partial charge in [0.05, 0.1) is 24.4 Å². The lowest BCUT2D eigenvalue weighted by atomic mass is 9.85. The molecule has 0 radical (unpaired) electrons. The van der Waals surface area contributed by atoms with Crippen LogP contribution in [0.2, 0.25) is 0 Å². The Kier molecular flexibility index (Phi) is 7.29. The highest BCUT2D eigenvalue weighted by molar-refractivity contribution is 5.02. The summed E-state index contributed by atoms with van der Waals surface area (Å²) in [5.74, 6) is 0.551. The van der Waals surface area contributed by atoms with Crippen LogP contribution in [0.15, 0.2) is 0 Å². The molecule has 2 fully saturated rings. The topological polar surface area (TPSA) is 49.7 Å². The van der Waals surface area contributed by atoms with Crippen molar-refractivity contribution in [3.8, 4) is 0 Å². The van der Waals surface area contributed by atoms with Gasteiger partial charge < -0.3 is 14.9 Å². The number of hydrogen-bond donors (Lipinski definition) is 2. The van der Waals surface area contributed by atoms with Gasteiger partial charge in [-0.1, -0.05) is 34.6 Å². The number of hydrogen-bond acceptors (Lipinski definition) is 3. The van der Waals surface area contributed by atoms with E-state index in [1.165, 1.54) is 0 Å². The molecule has 0 saturated carbocycles. The molecule has 17 heavy (non-hydrogen) atoms. The first kappa shape index (κ1) is 16.9. The summed E-state index contributed by atoms with van der Waals surface area (Å²) in [6.45, 7) is 10.4. The smallest absolute Gasteiger partial charge is 0.0924 e. The van der Waals surface area contributed by atoms with Crippen LogP contribution in [-0.4, -0.2) is 34.6 Å². The van der Waals surface area contributed by atoms with Crippen molar-refractivity contribution in [1.29, 1.82) is 0 Å². The van der Waals surface area contributed by atoms with E-state index in [1.807, 2.05) is 27.7 Å². The predicted molar refractivity (Wildman–Crippen MR) is 71.0 cm³/mol. The van der Waals surface area contributed by atoms with Gasteiger partial charge in [-0.25, -0.2) is 0 Å². The van der Waals surface area contributed by atoms with E-state index in [4.69, 9.17) is 4.74 Å². The molecule has 1 unspecified atom stereocenters. The lowest BCUT2D eigenvalue weighted by Crippen LogP contribution is -2.47. The molecule has 104 valence electrons. The van der Waals surface area contributed by atoms with Gasteiger partial charge in [0.1, 0.15) is 0 Å². The van der Waals surface area contributed by atoms with Crippen molar-refractivity contribution >= 4 is 0 Å². The van der Waals surface area contributed by atoms with E-state index in [2.05, 4.69) is 6.92 Å². The summed E-state index contributed by atoms with van der Waals surface area (Å²) in [4.78, 5) is 0. The molecule has 0 aromatic carbocycles. The summed E-state index contributed by atoms with van der Waals surface area (Å²) in [6, 6.07) is 0. The Balaban J connectivity index is 0.000000581. The van der Waals surface area contributed by atoms with Gasteiger partial charge in [0.2, 0.25) is 0 Å². The average molecular weight is 246 g/mol. The Bertz CT molecular complexity index is 188. The van der Waals surface area contributed by atoms with Crippen molar-refractivity contribution < 1.29 is 14.9 Å². The number of fused-ring (bicyclic) bond motifs is 2. The first-order chi connectivity index (χ1) is 8.14. The van der Waals surface area contributed by atoms with Crippen LogP contribution in [0.5, 0.6) is 0 Å². The maximum Gasteiger partial charge on any atom is 0.0924 e. The normalized spacial score (nSPS) is 38.6. The van der Waals surface area contributed by atoms with Crippen LogP contribution in [0.4, 0.5) is 0 Å². The van der Waals surface area contributed by atoms with Crippen LogP contribution in [0, 0.1) is 5.92 Å². The summed E-state index contributed by atoms with van der Waals surface area (Å²) >= 11 is 0. The lowest BCUT2D eigenvalue weighted by Gasteiger charge is -2.41. The fourth-order valence-corrected chi connectivity index (χ4v) is 3.00. The molecule has 2 heterocycles. The maximum atomic E-state index is 9.29. The van der Waals surface area contributed by atoms with Crippen LogP contribution >= 0.6 is 0 Å². The molecule has 0 amide bonds. The third-order valence-corrected chi connectivity index (χ3v) is 3.49. The number of aliphatic hydroxyl groups excluding tert-OH is 2. The van der Waals surface area contributed by atoms with Gasteiger partial charge in [-0.2, -0.15) is 0 Å². The molecule has 3 heteroatoms. The monoisotopic (exact) mass is 246 g/mol. The molecule has 2 rings (SSSR count). The van der Waals surface area contributed by atoms with Crippen LogP contribution in [-0.2, 0) is 4.74 Å². The Morgan fingerprint density at radius 3 is 1.59 bits per heavy atom. The summed E-state index contributed by atoms with van der Waals surface area (Å²) in [6.07, 6.45) is 3.67. The van der Waals surface area contributed by atoms with Crippen LogP contribution < -0.4 is 0 Å². The Morgan fingerprint density at radius 2 is 1.29 bits per heavy atom. The van der Waals surface area contributed by atoms with Gasteiger partial charge in [0, 0.05) is 0 Å². The zero-order valence-electron chi connectivity index (χ0n) is 12.1. The summed E-state index contributed by atoms with van der Waals surface area (Å²) < 4.78 is 5.84. The van der Waals surface area contributed by atoms with Crippen LogP contribution in [0.25, 0.3) is 0 Å². The standard InChI is InChI=1S/C10H18O3.2C2H6/c1-8-4-9(6-11)2-3-10(5-8,7-12)13-9;2*1-2/h8,11-12H,2-7H2,1H3;2*1-2H3/t8?,9-,10+;;. The number of aliphatic hydroxyl groups is 2. The second-order valence-electron chi connectivity index (χ2n) is 4.80. The Morgan fingerprint density at radius 1 is 0.941 bits per heavy atom. The molecule has 0 aromatic rings. The molecule has 0 aliphatic carbocycles. The molecule has 2 bridgehead atoms. The molecule has 3 atom stereocenters. The van der Waals surface area contributed by atoms with Gasteiger partial charge in [-0.15, -0.1) is 0 Å². The number of ether oxygens (including phenoxy) is 1. The third kappa shape index (κ3) is 3.67. The van der Waals surface area contributed by atoms with Crippen molar-refractivity contribution in [3.63, 3.8) is 0 Å². The van der Waals surface area contributed by atoms with Crippen molar-refractivity contribution in [1.82, 2.24) is 0 Å². The van der Waals surface area contributed by atoms with Crippen molar-refractivity contribution in [2.75, 3.05) is 13.2 Å². The molecule has 0 aromatic heterocycles. The molecular weight excluding hydrogens is 216 g/mol. The first-order valence-electron chi connectivity index (χ1n) is 7.06. The van der Waals surface area contributed by atoms with E-state index in [-0.39, 0.29) is 24.4 Å². The van der Waals surface area contributed by atoms with Crippen molar-refractivity contribution in [3.05, 3.63) is 0 Å². The molecule has 3 nitrogen and oxygen atoms in total. The quantitative estimate of drug-likeness (QED) is 0.787. The summed E-state index contributed by atoms with van der Waals surface area (Å²) in [5.41, 5.74) is -0.666. The maximum absolute atomic E-state index is 9.29. The molecular formula is C14H30O3.